The average molecular weight is 395 g/mol. The van der Waals surface area contributed by atoms with Crippen LogP contribution in [0.15, 0.2) is 78.9 Å². The van der Waals surface area contributed by atoms with Crippen molar-refractivity contribution in [3.63, 3.8) is 0 Å². The molecule has 0 radical (unpaired) electrons. The fourth-order valence-corrected chi connectivity index (χ4v) is 2.63. The number of hydrogen-bond donors (Lipinski definition) is 3. The molecule has 0 aliphatic rings. The van der Waals surface area contributed by atoms with Gasteiger partial charge in [-0.15, -0.1) is 0 Å². The molecule has 0 spiro atoms. The molecule has 0 atom stereocenters. The first kappa shape index (κ1) is 19.3. The maximum atomic E-state index is 13.6. The highest BCUT2D eigenvalue weighted by molar-refractivity contribution is 7.80. The van der Waals surface area contributed by atoms with Crippen molar-refractivity contribution in [2.24, 2.45) is 0 Å². The molecule has 28 heavy (non-hydrogen) atoms. The predicted molar refractivity (Wildman–Crippen MR) is 111 cm³/mol. The highest BCUT2D eigenvalue weighted by atomic mass is 32.1. The molecule has 3 N–H and O–H groups in total. The van der Waals surface area contributed by atoms with Gasteiger partial charge in [-0.05, 0) is 36.0 Å². The van der Waals surface area contributed by atoms with Gasteiger partial charge in [0.1, 0.15) is 11.6 Å². The number of hydrazine groups is 1. The Morgan fingerprint density at radius 1 is 0.893 bits per heavy atom. The number of nitrogens with one attached hydrogen (secondary N) is 3. The molecule has 0 bridgehead atoms. The van der Waals surface area contributed by atoms with Gasteiger partial charge >= 0.3 is 0 Å². The summed E-state index contributed by atoms with van der Waals surface area (Å²) in [5.74, 6) is -0.282. The third kappa shape index (κ3) is 5.28. The van der Waals surface area contributed by atoms with Crippen LogP contribution in [0.2, 0.25) is 0 Å². The second-order valence-corrected chi connectivity index (χ2v) is 6.17. The standard InChI is InChI=1S/C21H18FN3O2S/c22-17-11-5-6-12-18(17)23-21(28)25-24-20(26)14-27-19-13-7-4-10-16(19)15-8-2-1-3-9-15/h1-13H,14H2,(H,24,26)(H2,23,25,28). The molecule has 5 nitrogen and oxygen atoms in total. The minimum absolute atomic E-state index is 0.0585. The average Bonchev–Trinajstić information content (AvgIpc) is 2.73. The summed E-state index contributed by atoms with van der Waals surface area (Å²) in [4.78, 5) is 12.0. The molecule has 0 aliphatic carbocycles. The van der Waals surface area contributed by atoms with Gasteiger partial charge < -0.3 is 10.1 Å². The van der Waals surface area contributed by atoms with Crippen LogP contribution in [-0.2, 0) is 4.79 Å². The Kier molecular flexibility index (Phi) is 6.54. The molecule has 1 amide bonds. The number of anilines is 1. The Bertz CT molecular complexity index is 967. The monoisotopic (exact) mass is 395 g/mol. The Morgan fingerprint density at radius 2 is 1.57 bits per heavy atom. The first-order valence-corrected chi connectivity index (χ1v) is 8.92. The highest BCUT2D eigenvalue weighted by Gasteiger charge is 2.09. The Hall–Kier alpha value is -3.45. The van der Waals surface area contributed by atoms with Gasteiger partial charge in [0, 0.05) is 5.56 Å². The molecular weight excluding hydrogens is 377 g/mol. The van der Waals surface area contributed by atoms with Crippen LogP contribution in [0.3, 0.4) is 0 Å². The number of carbonyl (C=O) groups is 1. The molecule has 142 valence electrons. The van der Waals surface area contributed by atoms with Crippen LogP contribution in [0.5, 0.6) is 5.75 Å². The third-order valence-corrected chi connectivity index (χ3v) is 3.97. The van der Waals surface area contributed by atoms with Crippen LogP contribution in [-0.4, -0.2) is 17.6 Å². The second kappa shape index (κ2) is 9.48. The maximum absolute atomic E-state index is 13.6. The number of hydrogen-bond acceptors (Lipinski definition) is 3. The first-order valence-electron chi connectivity index (χ1n) is 8.51. The normalized spacial score (nSPS) is 10.0. The molecule has 3 aromatic rings. The molecular formula is C21H18FN3O2S. The highest BCUT2D eigenvalue weighted by Crippen LogP contribution is 2.29. The summed E-state index contributed by atoms with van der Waals surface area (Å²) in [6.07, 6.45) is 0. The molecule has 0 fully saturated rings. The van der Waals surface area contributed by atoms with Crippen molar-refractivity contribution >= 4 is 28.9 Å². The summed E-state index contributed by atoms with van der Waals surface area (Å²) in [5.41, 5.74) is 7.02. The predicted octanol–water partition coefficient (Wildman–Crippen LogP) is 3.89. The lowest BCUT2D eigenvalue weighted by atomic mass is 10.1. The van der Waals surface area contributed by atoms with Crippen molar-refractivity contribution in [1.82, 2.24) is 10.9 Å². The molecule has 7 heteroatoms. The molecule has 0 saturated carbocycles. The largest absolute Gasteiger partial charge is 0.483 e. The fraction of sp³-hybridized carbons (Fsp3) is 0.0476. The van der Waals surface area contributed by atoms with Crippen molar-refractivity contribution in [1.29, 1.82) is 0 Å². The lowest BCUT2D eigenvalue weighted by Gasteiger charge is -2.14. The molecule has 0 heterocycles. The zero-order chi connectivity index (χ0) is 19.8. The van der Waals surface area contributed by atoms with Gasteiger partial charge in [0.15, 0.2) is 11.7 Å². The van der Waals surface area contributed by atoms with Crippen LogP contribution in [0.1, 0.15) is 0 Å². The van der Waals surface area contributed by atoms with Crippen molar-refractivity contribution in [3.05, 3.63) is 84.7 Å². The molecule has 0 saturated heterocycles. The van der Waals surface area contributed by atoms with Crippen molar-refractivity contribution in [2.75, 3.05) is 11.9 Å². The van der Waals surface area contributed by atoms with Gasteiger partial charge in [0.25, 0.3) is 5.91 Å². The van der Waals surface area contributed by atoms with E-state index < -0.39 is 11.7 Å². The third-order valence-electron chi connectivity index (χ3n) is 3.77. The number of para-hydroxylation sites is 2. The van der Waals surface area contributed by atoms with E-state index in [-0.39, 0.29) is 17.4 Å². The number of ether oxygens (including phenoxy) is 1. The summed E-state index contributed by atoms with van der Waals surface area (Å²) in [6, 6.07) is 23.3. The number of halogens is 1. The van der Waals surface area contributed by atoms with Crippen molar-refractivity contribution < 1.29 is 13.9 Å². The minimum atomic E-state index is -0.446. The van der Waals surface area contributed by atoms with E-state index in [1.165, 1.54) is 12.1 Å². The molecule has 0 aromatic heterocycles. The van der Waals surface area contributed by atoms with Gasteiger partial charge in [0.2, 0.25) is 0 Å². The van der Waals surface area contributed by atoms with Gasteiger partial charge in [-0.1, -0.05) is 60.7 Å². The quantitative estimate of drug-likeness (QED) is 0.452. The Morgan fingerprint density at radius 3 is 2.36 bits per heavy atom. The van der Waals surface area contributed by atoms with E-state index in [1.54, 1.807) is 18.2 Å². The summed E-state index contributed by atoms with van der Waals surface area (Å²) >= 11 is 5.03. The van der Waals surface area contributed by atoms with E-state index in [9.17, 15) is 9.18 Å². The SMILES string of the molecule is O=C(COc1ccccc1-c1ccccc1)NNC(=S)Nc1ccccc1F. The molecule has 0 unspecified atom stereocenters. The van der Waals surface area contributed by atoms with Gasteiger partial charge in [-0.25, -0.2) is 4.39 Å². The van der Waals surface area contributed by atoms with Crippen LogP contribution < -0.4 is 20.9 Å². The summed E-state index contributed by atoms with van der Waals surface area (Å²) < 4.78 is 19.2. The zero-order valence-corrected chi connectivity index (χ0v) is 15.6. The van der Waals surface area contributed by atoms with E-state index in [1.807, 2.05) is 48.5 Å². The minimum Gasteiger partial charge on any atom is -0.483 e. The van der Waals surface area contributed by atoms with Crippen LogP contribution in [0.25, 0.3) is 11.1 Å². The van der Waals surface area contributed by atoms with Gasteiger partial charge in [-0.2, -0.15) is 0 Å². The van der Waals surface area contributed by atoms with Gasteiger partial charge in [0.05, 0.1) is 5.69 Å². The lowest BCUT2D eigenvalue weighted by Crippen LogP contribution is -2.45. The number of carbonyl (C=O) groups excluding carboxylic acids is 1. The van der Waals surface area contributed by atoms with E-state index >= 15 is 0 Å². The van der Waals surface area contributed by atoms with Crippen LogP contribution in [0.4, 0.5) is 10.1 Å². The Labute approximate surface area is 167 Å². The smallest absolute Gasteiger partial charge is 0.276 e. The fourth-order valence-electron chi connectivity index (χ4n) is 2.47. The van der Waals surface area contributed by atoms with E-state index in [0.717, 1.165) is 11.1 Å². The topological polar surface area (TPSA) is 62.4 Å². The van der Waals surface area contributed by atoms with Crippen molar-refractivity contribution in [3.8, 4) is 16.9 Å². The van der Waals surface area contributed by atoms with E-state index in [2.05, 4.69) is 16.2 Å². The van der Waals surface area contributed by atoms with Gasteiger partial charge in [-0.3, -0.25) is 15.6 Å². The summed E-state index contributed by atoms with van der Waals surface area (Å²) in [6.45, 7) is -0.209. The molecule has 0 aliphatic heterocycles. The van der Waals surface area contributed by atoms with E-state index in [0.29, 0.717) is 5.75 Å². The molecule has 3 rings (SSSR count). The molecule has 3 aromatic carbocycles. The first-order chi connectivity index (χ1) is 13.6. The van der Waals surface area contributed by atoms with Crippen LogP contribution in [0, 0.1) is 5.82 Å². The summed E-state index contributed by atoms with van der Waals surface area (Å²) in [5, 5.41) is 2.72. The number of amides is 1. The number of thiocarbonyl (C=S) groups is 1. The lowest BCUT2D eigenvalue weighted by molar-refractivity contribution is -0.123. The summed E-state index contributed by atoms with van der Waals surface area (Å²) in [7, 11) is 0. The maximum Gasteiger partial charge on any atom is 0.276 e. The zero-order valence-electron chi connectivity index (χ0n) is 14.8. The van der Waals surface area contributed by atoms with Crippen molar-refractivity contribution in [2.45, 2.75) is 0 Å². The van der Waals surface area contributed by atoms with E-state index in [4.69, 9.17) is 17.0 Å². The number of benzene rings is 3. The van der Waals surface area contributed by atoms with Crippen LogP contribution >= 0.6 is 12.2 Å². The second-order valence-electron chi connectivity index (χ2n) is 5.76. The number of rotatable bonds is 5. The Balaban J connectivity index is 1.51.